The minimum atomic E-state index is -3.24. The molecule has 1 aromatic carbocycles. The van der Waals surface area contributed by atoms with Crippen molar-refractivity contribution in [3.05, 3.63) is 18.2 Å². The lowest BCUT2D eigenvalue weighted by molar-refractivity contribution is 0.602. The molecule has 0 heterocycles. The topological polar surface area (TPSA) is 72.2 Å². The van der Waals surface area contributed by atoms with Gasteiger partial charge in [-0.15, -0.1) is 0 Å². The van der Waals surface area contributed by atoms with Gasteiger partial charge in [0.05, 0.1) is 16.3 Å². The fourth-order valence-corrected chi connectivity index (χ4v) is 2.05. The summed E-state index contributed by atoms with van der Waals surface area (Å²) in [7, 11) is -3.24. The second kappa shape index (κ2) is 3.88. The van der Waals surface area contributed by atoms with E-state index < -0.39 is 9.84 Å². The van der Waals surface area contributed by atoms with Crippen LogP contribution in [0, 0.1) is 0 Å². The van der Waals surface area contributed by atoms with Gasteiger partial charge in [-0.2, -0.15) is 0 Å². The van der Waals surface area contributed by atoms with Crippen molar-refractivity contribution in [2.24, 2.45) is 0 Å². The van der Waals surface area contributed by atoms with Crippen molar-refractivity contribution < 1.29 is 8.42 Å². The maximum Gasteiger partial charge on any atom is 0.177 e. The van der Waals surface area contributed by atoms with Crippen LogP contribution in [0.2, 0.25) is 0 Å². The zero-order valence-electron chi connectivity index (χ0n) is 8.24. The number of rotatable bonds is 3. The third kappa shape index (κ3) is 2.17. The summed E-state index contributed by atoms with van der Waals surface area (Å²) in [5, 5.41) is 3.00. The van der Waals surface area contributed by atoms with E-state index in [4.69, 9.17) is 5.73 Å². The van der Waals surface area contributed by atoms with Crippen molar-refractivity contribution in [2.75, 3.05) is 23.9 Å². The van der Waals surface area contributed by atoms with Gasteiger partial charge < -0.3 is 11.1 Å². The van der Waals surface area contributed by atoms with E-state index in [1.54, 1.807) is 12.1 Å². The third-order valence-electron chi connectivity index (χ3n) is 1.83. The van der Waals surface area contributed by atoms with Gasteiger partial charge in [0, 0.05) is 12.8 Å². The molecule has 4 nitrogen and oxygen atoms in total. The fraction of sp³-hybridized carbons (Fsp3) is 0.333. The van der Waals surface area contributed by atoms with Gasteiger partial charge in [0.25, 0.3) is 0 Å². The number of nitrogen functional groups attached to an aromatic ring is 1. The Hall–Kier alpha value is -1.23. The summed E-state index contributed by atoms with van der Waals surface area (Å²) in [5.41, 5.74) is 6.67. The lowest BCUT2D eigenvalue weighted by atomic mass is 10.2. The molecule has 0 atom stereocenters. The molecule has 0 aliphatic heterocycles. The molecule has 1 aromatic rings. The molecule has 0 unspecified atom stereocenters. The molecular weight excluding hydrogens is 200 g/mol. The van der Waals surface area contributed by atoms with E-state index in [2.05, 4.69) is 5.32 Å². The van der Waals surface area contributed by atoms with Gasteiger partial charge in [-0.25, -0.2) is 8.42 Å². The number of nitrogens with one attached hydrogen (secondary N) is 1. The summed E-state index contributed by atoms with van der Waals surface area (Å²) >= 11 is 0. The molecule has 0 radical (unpaired) electrons. The Morgan fingerprint density at radius 3 is 2.57 bits per heavy atom. The number of para-hydroxylation sites is 1. The highest BCUT2D eigenvalue weighted by atomic mass is 32.2. The first-order valence-electron chi connectivity index (χ1n) is 4.29. The molecule has 0 saturated carbocycles. The number of hydrogen-bond acceptors (Lipinski definition) is 4. The summed E-state index contributed by atoms with van der Waals surface area (Å²) in [6.45, 7) is 2.63. The number of benzene rings is 1. The Bertz CT molecular complexity index is 426. The highest BCUT2D eigenvalue weighted by Crippen LogP contribution is 2.26. The van der Waals surface area contributed by atoms with E-state index in [1.807, 2.05) is 6.92 Å². The molecule has 0 aromatic heterocycles. The lowest BCUT2D eigenvalue weighted by Gasteiger charge is -2.10. The Balaban J connectivity index is 3.28. The lowest BCUT2D eigenvalue weighted by Crippen LogP contribution is -2.06. The monoisotopic (exact) mass is 214 g/mol. The van der Waals surface area contributed by atoms with Crippen LogP contribution in [-0.2, 0) is 9.84 Å². The van der Waals surface area contributed by atoms with Crippen molar-refractivity contribution >= 4 is 21.2 Å². The maximum atomic E-state index is 11.3. The van der Waals surface area contributed by atoms with Crippen LogP contribution in [0.1, 0.15) is 6.92 Å². The molecule has 0 bridgehead atoms. The first kappa shape index (κ1) is 10.8. The first-order chi connectivity index (χ1) is 6.46. The second-order valence-electron chi connectivity index (χ2n) is 3.02. The molecule has 0 aliphatic carbocycles. The molecule has 0 aliphatic rings. The maximum absolute atomic E-state index is 11.3. The molecule has 0 fully saturated rings. The largest absolute Gasteiger partial charge is 0.396 e. The number of hydrogen-bond donors (Lipinski definition) is 2. The predicted molar refractivity (Wildman–Crippen MR) is 58.1 cm³/mol. The predicted octanol–water partition coefficient (Wildman–Crippen LogP) is 1.10. The molecule has 1 rings (SSSR count). The minimum Gasteiger partial charge on any atom is -0.396 e. The normalized spacial score (nSPS) is 11.3. The van der Waals surface area contributed by atoms with Crippen molar-refractivity contribution in [1.29, 1.82) is 0 Å². The Labute approximate surface area is 84.0 Å². The van der Waals surface area contributed by atoms with E-state index in [1.165, 1.54) is 6.07 Å². The molecular formula is C9H14N2O2S. The zero-order chi connectivity index (χ0) is 10.8. The van der Waals surface area contributed by atoms with E-state index in [-0.39, 0.29) is 10.6 Å². The molecule has 0 spiro atoms. The Kier molecular flexibility index (Phi) is 3.00. The van der Waals surface area contributed by atoms with Gasteiger partial charge in [-0.3, -0.25) is 0 Å². The summed E-state index contributed by atoms with van der Waals surface area (Å²) in [5.74, 6) is 0. The fourth-order valence-electron chi connectivity index (χ4n) is 1.21. The SMILES string of the molecule is CCNc1cccc(S(C)(=O)=O)c1N. The van der Waals surface area contributed by atoms with Gasteiger partial charge in [0.15, 0.2) is 9.84 Å². The number of sulfone groups is 1. The first-order valence-corrected chi connectivity index (χ1v) is 6.18. The van der Waals surface area contributed by atoms with Crippen LogP contribution in [-0.4, -0.2) is 21.2 Å². The number of nitrogens with two attached hydrogens (primary N) is 1. The van der Waals surface area contributed by atoms with E-state index in [0.717, 1.165) is 6.26 Å². The van der Waals surface area contributed by atoms with E-state index in [0.29, 0.717) is 12.2 Å². The quantitative estimate of drug-likeness (QED) is 0.739. The van der Waals surface area contributed by atoms with Crippen LogP contribution in [0.3, 0.4) is 0 Å². The number of anilines is 2. The van der Waals surface area contributed by atoms with Crippen LogP contribution in [0.5, 0.6) is 0 Å². The van der Waals surface area contributed by atoms with Gasteiger partial charge in [0.2, 0.25) is 0 Å². The molecule has 3 N–H and O–H groups in total. The molecule has 14 heavy (non-hydrogen) atoms. The third-order valence-corrected chi connectivity index (χ3v) is 2.99. The summed E-state index contributed by atoms with van der Waals surface area (Å²) in [6.07, 6.45) is 1.15. The highest BCUT2D eigenvalue weighted by molar-refractivity contribution is 7.90. The van der Waals surface area contributed by atoms with Crippen LogP contribution < -0.4 is 11.1 Å². The van der Waals surface area contributed by atoms with E-state index >= 15 is 0 Å². The smallest absolute Gasteiger partial charge is 0.177 e. The van der Waals surface area contributed by atoms with Crippen LogP contribution in [0.25, 0.3) is 0 Å². The Morgan fingerprint density at radius 2 is 2.07 bits per heavy atom. The van der Waals surface area contributed by atoms with Gasteiger partial charge >= 0.3 is 0 Å². The van der Waals surface area contributed by atoms with Crippen LogP contribution in [0.4, 0.5) is 11.4 Å². The molecule has 0 saturated heterocycles. The summed E-state index contributed by atoms with van der Waals surface area (Å²) in [4.78, 5) is 0.177. The average molecular weight is 214 g/mol. The minimum absolute atomic E-state index is 0.177. The highest BCUT2D eigenvalue weighted by Gasteiger charge is 2.13. The summed E-state index contributed by atoms with van der Waals surface area (Å²) in [6, 6.07) is 4.93. The van der Waals surface area contributed by atoms with Crippen molar-refractivity contribution in [1.82, 2.24) is 0 Å². The van der Waals surface area contributed by atoms with Crippen molar-refractivity contribution in [2.45, 2.75) is 11.8 Å². The van der Waals surface area contributed by atoms with Gasteiger partial charge in [0.1, 0.15) is 0 Å². The average Bonchev–Trinajstić information content (AvgIpc) is 2.07. The molecule has 5 heteroatoms. The van der Waals surface area contributed by atoms with Crippen LogP contribution >= 0.6 is 0 Å². The Morgan fingerprint density at radius 1 is 1.43 bits per heavy atom. The second-order valence-corrected chi connectivity index (χ2v) is 5.00. The standard InChI is InChI=1S/C9H14N2O2S/c1-3-11-7-5-4-6-8(9(7)10)14(2,12)13/h4-6,11H,3,10H2,1-2H3. The molecule has 78 valence electrons. The van der Waals surface area contributed by atoms with Gasteiger partial charge in [-0.1, -0.05) is 6.07 Å². The van der Waals surface area contributed by atoms with E-state index in [9.17, 15) is 8.42 Å². The molecule has 0 amide bonds. The van der Waals surface area contributed by atoms with Gasteiger partial charge in [-0.05, 0) is 19.1 Å². The van der Waals surface area contributed by atoms with Crippen molar-refractivity contribution in [3.8, 4) is 0 Å². The zero-order valence-corrected chi connectivity index (χ0v) is 9.06. The summed E-state index contributed by atoms with van der Waals surface area (Å²) < 4.78 is 22.6. The van der Waals surface area contributed by atoms with Crippen molar-refractivity contribution in [3.63, 3.8) is 0 Å². The van der Waals surface area contributed by atoms with Crippen LogP contribution in [0.15, 0.2) is 23.1 Å².